The molecule has 1 aromatic carbocycles. The van der Waals surface area contributed by atoms with Gasteiger partial charge in [-0.25, -0.2) is 0 Å². The van der Waals surface area contributed by atoms with Crippen molar-refractivity contribution in [1.29, 1.82) is 0 Å². The number of piperazine rings is 1. The fourth-order valence-corrected chi connectivity index (χ4v) is 1.62. The second-order valence-electron chi connectivity index (χ2n) is 4.49. The molecule has 0 amide bonds. The summed E-state index contributed by atoms with van der Waals surface area (Å²) in [5, 5.41) is 0. The Morgan fingerprint density at radius 2 is 1.00 bits per heavy atom. The van der Waals surface area contributed by atoms with Crippen molar-refractivity contribution in [3.8, 4) is 11.5 Å². The maximum absolute atomic E-state index is 4.96. The summed E-state index contributed by atoms with van der Waals surface area (Å²) in [6.07, 6.45) is 0. The zero-order chi connectivity index (χ0) is 13.4. The fraction of sp³-hybridized carbons (Fsp3) is 0.571. The molecule has 0 N–H and O–H groups in total. The van der Waals surface area contributed by atoms with Crippen LogP contribution in [0.1, 0.15) is 0 Å². The lowest BCUT2D eigenvalue weighted by Crippen LogP contribution is -2.42. The van der Waals surface area contributed by atoms with Crippen molar-refractivity contribution in [2.24, 2.45) is 0 Å². The van der Waals surface area contributed by atoms with Crippen LogP contribution in [0, 0.1) is 0 Å². The topological polar surface area (TPSA) is 24.9 Å². The highest BCUT2D eigenvalue weighted by atomic mass is 16.5. The molecule has 1 aromatic rings. The van der Waals surface area contributed by atoms with Crippen molar-refractivity contribution in [1.82, 2.24) is 9.80 Å². The zero-order valence-corrected chi connectivity index (χ0v) is 11.8. The molecule has 1 aliphatic heterocycles. The zero-order valence-electron chi connectivity index (χ0n) is 11.8. The highest BCUT2D eigenvalue weighted by Crippen LogP contribution is 2.15. The van der Waals surface area contributed by atoms with E-state index >= 15 is 0 Å². The Balaban J connectivity index is 0.000000184. The van der Waals surface area contributed by atoms with Crippen LogP contribution < -0.4 is 9.47 Å². The third-order valence-corrected chi connectivity index (χ3v) is 3.02. The third-order valence-electron chi connectivity index (χ3n) is 3.02. The average molecular weight is 252 g/mol. The van der Waals surface area contributed by atoms with Crippen LogP contribution in [0.3, 0.4) is 0 Å². The van der Waals surface area contributed by atoms with Gasteiger partial charge in [0.1, 0.15) is 11.5 Å². The van der Waals surface area contributed by atoms with Gasteiger partial charge < -0.3 is 19.3 Å². The first-order valence-electron chi connectivity index (χ1n) is 6.21. The summed E-state index contributed by atoms with van der Waals surface area (Å²) in [6, 6.07) is 7.44. The summed E-state index contributed by atoms with van der Waals surface area (Å²) in [5.74, 6) is 1.70. The minimum atomic E-state index is 0.848. The lowest BCUT2D eigenvalue weighted by molar-refractivity contribution is 0.181. The Hall–Kier alpha value is -1.26. The molecular weight excluding hydrogens is 228 g/mol. The third kappa shape index (κ3) is 5.38. The lowest BCUT2D eigenvalue weighted by Gasteiger charge is -2.28. The van der Waals surface area contributed by atoms with Gasteiger partial charge in [0.25, 0.3) is 0 Å². The van der Waals surface area contributed by atoms with Gasteiger partial charge in [-0.1, -0.05) is 0 Å². The van der Waals surface area contributed by atoms with Crippen molar-refractivity contribution in [3.63, 3.8) is 0 Å². The predicted octanol–water partition coefficient (Wildman–Crippen LogP) is 1.57. The van der Waals surface area contributed by atoms with Crippen LogP contribution >= 0.6 is 0 Å². The van der Waals surface area contributed by atoms with E-state index in [-0.39, 0.29) is 0 Å². The Morgan fingerprint density at radius 1 is 0.722 bits per heavy atom. The number of likely N-dealkylation sites (N-methyl/N-ethyl adjacent to an activating group) is 2. The number of nitrogens with zero attached hydrogens (tertiary/aromatic N) is 2. The summed E-state index contributed by atoms with van der Waals surface area (Å²) in [7, 11) is 7.63. The normalized spacial score (nSPS) is 16.7. The molecule has 0 bridgehead atoms. The first-order chi connectivity index (χ1) is 8.65. The molecule has 0 atom stereocenters. The number of ether oxygens (including phenoxy) is 2. The molecule has 0 radical (unpaired) electrons. The van der Waals surface area contributed by atoms with Gasteiger partial charge in [0.2, 0.25) is 0 Å². The van der Waals surface area contributed by atoms with Gasteiger partial charge in [0, 0.05) is 26.2 Å². The van der Waals surface area contributed by atoms with Crippen molar-refractivity contribution in [2.45, 2.75) is 0 Å². The molecule has 0 saturated carbocycles. The van der Waals surface area contributed by atoms with Gasteiger partial charge in [-0.05, 0) is 38.4 Å². The standard InChI is InChI=1S/C8H10O2.C6H14N2/c1-9-7-3-5-8(10-2)6-4-7;1-7-3-5-8(2)6-4-7/h3-6H,1-2H3;3-6H2,1-2H3. The Labute approximate surface area is 110 Å². The van der Waals surface area contributed by atoms with Crippen LogP contribution in [0.25, 0.3) is 0 Å². The average Bonchev–Trinajstić information content (AvgIpc) is 2.43. The molecular formula is C14H24N2O2. The van der Waals surface area contributed by atoms with Crippen LogP contribution in [0.15, 0.2) is 24.3 Å². The summed E-state index contributed by atoms with van der Waals surface area (Å²) in [4.78, 5) is 4.72. The number of hydrogen-bond acceptors (Lipinski definition) is 4. The molecule has 4 nitrogen and oxygen atoms in total. The highest BCUT2D eigenvalue weighted by Gasteiger charge is 2.07. The predicted molar refractivity (Wildman–Crippen MR) is 74.5 cm³/mol. The number of methoxy groups -OCH3 is 2. The fourth-order valence-electron chi connectivity index (χ4n) is 1.62. The van der Waals surface area contributed by atoms with Gasteiger partial charge in [0.15, 0.2) is 0 Å². The number of benzene rings is 1. The Morgan fingerprint density at radius 3 is 1.22 bits per heavy atom. The minimum Gasteiger partial charge on any atom is -0.497 e. The van der Waals surface area contributed by atoms with Gasteiger partial charge >= 0.3 is 0 Å². The molecule has 1 aliphatic rings. The van der Waals surface area contributed by atoms with E-state index in [0.717, 1.165) is 11.5 Å². The monoisotopic (exact) mass is 252 g/mol. The Bertz CT molecular complexity index is 286. The van der Waals surface area contributed by atoms with Crippen LogP contribution in [-0.2, 0) is 0 Å². The quantitative estimate of drug-likeness (QED) is 0.797. The second kappa shape index (κ2) is 7.95. The highest BCUT2D eigenvalue weighted by molar-refractivity contribution is 5.30. The molecule has 4 heteroatoms. The van der Waals surface area contributed by atoms with Crippen molar-refractivity contribution < 1.29 is 9.47 Å². The van der Waals surface area contributed by atoms with Crippen LogP contribution in [0.5, 0.6) is 11.5 Å². The maximum atomic E-state index is 4.96. The van der Waals surface area contributed by atoms with E-state index in [2.05, 4.69) is 23.9 Å². The van der Waals surface area contributed by atoms with E-state index in [1.54, 1.807) is 14.2 Å². The molecule has 0 aliphatic carbocycles. The van der Waals surface area contributed by atoms with E-state index in [1.807, 2.05) is 24.3 Å². The van der Waals surface area contributed by atoms with E-state index in [9.17, 15) is 0 Å². The van der Waals surface area contributed by atoms with Gasteiger partial charge in [-0.3, -0.25) is 0 Å². The van der Waals surface area contributed by atoms with E-state index in [1.165, 1.54) is 26.2 Å². The smallest absolute Gasteiger partial charge is 0.119 e. The van der Waals surface area contributed by atoms with Crippen molar-refractivity contribution in [2.75, 3.05) is 54.5 Å². The summed E-state index contributed by atoms with van der Waals surface area (Å²) < 4.78 is 9.92. The molecule has 1 saturated heterocycles. The summed E-state index contributed by atoms with van der Waals surface area (Å²) in [6.45, 7) is 4.93. The van der Waals surface area contributed by atoms with E-state index < -0.39 is 0 Å². The van der Waals surface area contributed by atoms with Gasteiger partial charge in [0.05, 0.1) is 14.2 Å². The largest absolute Gasteiger partial charge is 0.497 e. The van der Waals surface area contributed by atoms with Gasteiger partial charge in [-0.15, -0.1) is 0 Å². The maximum Gasteiger partial charge on any atom is 0.119 e. The summed E-state index contributed by atoms with van der Waals surface area (Å²) >= 11 is 0. The van der Waals surface area contributed by atoms with E-state index in [4.69, 9.17) is 9.47 Å². The van der Waals surface area contributed by atoms with Crippen LogP contribution in [-0.4, -0.2) is 64.3 Å². The van der Waals surface area contributed by atoms with Crippen LogP contribution in [0.2, 0.25) is 0 Å². The summed E-state index contributed by atoms with van der Waals surface area (Å²) in [5.41, 5.74) is 0. The van der Waals surface area contributed by atoms with Crippen LogP contribution in [0.4, 0.5) is 0 Å². The molecule has 0 aromatic heterocycles. The molecule has 102 valence electrons. The van der Waals surface area contributed by atoms with Crippen molar-refractivity contribution >= 4 is 0 Å². The number of hydrogen-bond donors (Lipinski definition) is 0. The minimum absolute atomic E-state index is 0.848. The molecule has 1 fully saturated rings. The second-order valence-corrected chi connectivity index (χ2v) is 4.49. The van der Waals surface area contributed by atoms with E-state index in [0.29, 0.717) is 0 Å². The molecule has 1 heterocycles. The molecule has 0 spiro atoms. The molecule has 0 unspecified atom stereocenters. The first kappa shape index (κ1) is 14.8. The molecule has 2 rings (SSSR count). The van der Waals surface area contributed by atoms with Gasteiger partial charge in [-0.2, -0.15) is 0 Å². The first-order valence-corrected chi connectivity index (χ1v) is 6.21. The SMILES string of the molecule is CN1CCN(C)CC1.COc1ccc(OC)cc1. The van der Waals surface area contributed by atoms with Crippen molar-refractivity contribution in [3.05, 3.63) is 24.3 Å². The molecule has 18 heavy (non-hydrogen) atoms. The Kier molecular flexibility index (Phi) is 6.54. The number of rotatable bonds is 2. The lowest BCUT2D eigenvalue weighted by atomic mass is 10.3.